The van der Waals surface area contributed by atoms with Crippen LogP contribution in [0.1, 0.15) is 6.92 Å². The number of nitrogens with one attached hydrogen (secondary N) is 1. The van der Waals surface area contributed by atoms with Crippen LogP contribution in [0.2, 0.25) is 0 Å². The second-order valence-electron chi connectivity index (χ2n) is 3.15. The van der Waals surface area contributed by atoms with Gasteiger partial charge in [-0.3, -0.25) is 0 Å². The molecular weight excluding hydrogens is 272 g/mol. The second kappa shape index (κ2) is 5.41. The average molecular weight is 287 g/mol. The van der Waals surface area contributed by atoms with E-state index in [0.717, 1.165) is 0 Å². The van der Waals surface area contributed by atoms with Crippen LogP contribution in [0.4, 0.5) is 0 Å². The molecule has 14 heavy (non-hydrogen) atoms. The van der Waals surface area contributed by atoms with Crippen molar-refractivity contribution in [1.29, 1.82) is 0 Å². The van der Waals surface area contributed by atoms with Crippen molar-refractivity contribution in [2.75, 3.05) is 32.8 Å². The van der Waals surface area contributed by atoms with Crippen LogP contribution in [0.3, 0.4) is 0 Å². The number of morpholine rings is 1. The molecule has 1 fully saturated rings. The molecule has 7 heteroatoms. The van der Waals surface area contributed by atoms with E-state index in [1.54, 1.807) is 0 Å². The third-order valence-corrected chi connectivity index (χ3v) is 3.76. The van der Waals surface area contributed by atoms with Crippen LogP contribution in [0, 0.1) is 0 Å². The number of alkyl halides is 1. The predicted octanol–water partition coefficient (Wildman–Crippen LogP) is -0.0636. The van der Waals surface area contributed by atoms with Crippen LogP contribution in [-0.4, -0.2) is 50.4 Å². The first-order chi connectivity index (χ1) is 6.52. The van der Waals surface area contributed by atoms with E-state index < -0.39 is 10.2 Å². The lowest BCUT2D eigenvalue weighted by Crippen LogP contribution is -2.47. The molecule has 0 bridgehead atoms. The first kappa shape index (κ1) is 12.4. The van der Waals surface area contributed by atoms with Crippen LogP contribution >= 0.6 is 15.9 Å². The Morgan fingerprint density at radius 1 is 1.50 bits per heavy atom. The van der Waals surface area contributed by atoms with Gasteiger partial charge in [0.15, 0.2) is 0 Å². The van der Waals surface area contributed by atoms with Gasteiger partial charge >= 0.3 is 0 Å². The van der Waals surface area contributed by atoms with E-state index in [-0.39, 0.29) is 4.83 Å². The molecule has 1 saturated heterocycles. The summed E-state index contributed by atoms with van der Waals surface area (Å²) in [5, 5.41) is 0. The summed E-state index contributed by atoms with van der Waals surface area (Å²) in [6, 6.07) is 0. The Labute approximate surface area is 93.1 Å². The smallest absolute Gasteiger partial charge is 0.279 e. The number of nitrogens with zero attached hydrogens (tertiary/aromatic N) is 1. The molecule has 1 atom stereocenters. The van der Waals surface area contributed by atoms with Crippen LogP contribution < -0.4 is 4.72 Å². The minimum atomic E-state index is -3.31. The van der Waals surface area contributed by atoms with Gasteiger partial charge in [-0.05, 0) is 0 Å². The molecule has 0 radical (unpaired) electrons. The van der Waals surface area contributed by atoms with E-state index in [9.17, 15) is 8.42 Å². The first-order valence-electron chi connectivity index (χ1n) is 4.49. The maximum Gasteiger partial charge on any atom is 0.279 e. The molecule has 0 aromatic heterocycles. The average Bonchev–Trinajstić information content (AvgIpc) is 2.16. The predicted molar refractivity (Wildman–Crippen MR) is 57.7 cm³/mol. The van der Waals surface area contributed by atoms with Crippen molar-refractivity contribution in [3.63, 3.8) is 0 Å². The highest BCUT2D eigenvalue weighted by atomic mass is 79.9. The third-order valence-electron chi connectivity index (χ3n) is 1.86. The third kappa shape index (κ3) is 3.82. The molecule has 0 amide bonds. The normalized spacial score (nSPS) is 22.1. The molecule has 0 saturated carbocycles. The molecule has 1 N–H and O–H groups in total. The van der Waals surface area contributed by atoms with Gasteiger partial charge in [0.25, 0.3) is 10.2 Å². The Balaban J connectivity index is 2.46. The molecule has 0 aromatic rings. The number of hydrogen-bond donors (Lipinski definition) is 1. The molecule has 1 rings (SSSR count). The number of hydrogen-bond acceptors (Lipinski definition) is 3. The van der Waals surface area contributed by atoms with Gasteiger partial charge in [0.2, 0.25) is 0 Å². The Kier molecular flexibility index (Phi) is 4.78. The highest BCUT2D eigenvalue weighted by Crippen LogP contribution is 2.03. The number of halogens is 1. The topological polar surface area (TPSA) is 58.6 Å². The SMILES string of the molecule is CC(Br)CNS(=O)(=O)N1CCOCC1. The molecule has 1 unspecified atom stereocenters. The largest absolute Gasteiger partial charge is 0.379 e. The highest BCUT2D eigenvalue weighted by molar-refractivity contribution is 9.09. The monoisotopic (exact) mass is 286 g/mol. The summed E-state index contributed by atoms with van der Waals surface area (Å²) in [5.74, 6) is 0. The fraction of sp³-hybridized carbons (Fsp3) is 1.00. The van der Waals surface area contributed by atoms with Crippen LogP contribution in [-0.2, 0) is 14.9 Å². The summed E-state index contributed by atoms with van der Waals surface area (Å²) in [6.45, 7) is 4.12. The molecule has 84 valence electrons. The Hall–Kier alpha value is 0.310. The van der Waals surface area contributed by atoms with Gasteiger partial charge < -0.3 is 4.74 Å². The summed E-state index contributed by atoms with van der Waals surface area (Å²) in [4.78, 5) is 0.137. The minimum absolute atomic E-state index is 0.137. The molecule has 0 aromatic carbocycles. The number of ether oxygens (including phenoxy) is 1. The van der Waals surface area contributed by atoms with E-state index in [2.05, 4.69) is 20.7 Å². The zero-order chi connectivity index (χ0) is 10.6. The van der Waals surface area contributed by atoms with Gasteiger partial charge in [0, 0.05) is 24.5 Å². The number of rotatable bonds is 4. The lowest BCUT2D eigenvalue weighted by atomic mass is 10.5. The van der Waals surface area contributed by atoms with Gasteiger partial charge in [0.05, 0.1) is 13.2 Å². The van der Waals surface area contributed by atoms with Gasteiger partial charge in [-0.15, -0.1) is 0 Å². The fourth-order valence-corrected chi connectivity index (χ4v) is 2.75. The molecule has 1 aliphatic heterocycles. The summed E-state index contributed by atoms with van der Waals surface area (Å²) < 4.78 is 32.3. The molecule has 0 spiro atoms. The molecule has 5 nitrogen and oxygen atoms in total. The Morgan fingerprint density at radius 3 is 2.57 bits per heavy atom. The molecule has 1 aliphatic rings. The quantitative estimate of drug-likeness (QED) is 0.737. The standard InChI is InChI=1S/C7H15BrN2O3S/c1-7(8)6-9-14(11,12)10-2-4-13-5-3-10/h7,9H,2-6H2,1H3. The van der Waals surface area contributed by atoms with Crippen molar-refractivity contribution in [3.8, 4) is 0 Å². The van der Waals surface area contributed by atoms with Crippen molar-refractivity contribution < 1.29 is 13.2 Å². The second-order valence-corrected chi connectivity index (χ2v) is 6.46. The molecule has 1 heterocycles. The van der Waals surface area contributed by atoms with Crippen molar-refractivity contribution in [2.24, 2.45) is 0 Å². The lowest BCUT2D eigenvalue weighted by molar-refractivity contribution is 0.0725. The molecule has 0 aliphatic carbocycles. The van der Waals surface area contributed by atoms with Crippen molar-refractivity contribution in [1.82, 2.24) is 9.03 Å². The Morgan fingerprint density at radius 2 is 2.07 bits per heavy atom. The van der Waals surface area contributed by atoms with E-state index >= 15 is 0 Å². The van der Waals surface area contributed by atoms with Crippen LogP contribution in [0.5, 0.6) is 0 Å². The zero-order valence-corrected chi connectivity index (χ0v) is 10.5. The zero-order valence-electron chi connectivity index (χ0n) is 8.07. The Bertz CT molecular complexity index is 262. The van der Waals surface area contributed by atoms with Crippen LogP contribution in [0.25, 0.3) is 0 Å². The lowest BCUT2D eigenvalue weighted by Gasteiger charge is -2.26. The van der Waals surface area contributed by atoms with E-state index in [0.29, 0.717) is 32.8 Å². The van der Waals surface area contributed by atoms with E-state index in [1.807, 2.05) is 6.92 Å². The van der Waals surface area contributed by atoms with Crippen LogP contribution in [0.15, 0.2) is 0 Å². The van der Waals surface area contributed by atoms with E-state index in [4.69, 9.17) is 4.74 Å². The summed E-state index contributed by atoms with van der Waals surface area (Å²) >= 11 is 3.28. The summed E-state index contributed by atoms with van der Waals surface area (Å²) in [6.07, 6.45) is 0. The van der Waals surface area contributed by atoms with Gasteiger partial charge in [-0.1, -0.05) is 22.9 Å². The van der Waals surface area contributed by atoms with Crippen molar-refractivity contribution >= 4 is 26.1 Å². The molecular formula is C7H15BrN2O3S. The van der Waals surface area contributed by atoms with Crippen molar-refractivity contribution in [2.45, 2.75) is 11.8 Å². The van der Waals surface area contributed by atoms with E-state index in [1.165, 1.54) is 4.31 Å². The maximum atomic E-state index is 11.6. The van der Waals surface area contributed by atoms with Gasteiger partial charge in [-0.25, -0.2) is 4.72 Å². The van der Waals surface area contributed by atoms with Gasteiger partial charge in [-0.2, -0.15) is 12.7 Å². The maximum absolute atomic E-state index is 11.6. The summed E-state index contributed by atoms with van der Waals surface area (Å²) in [5.41, 5.74) is 0. The first-order valence-corrected chi connectivity index (χ1v) is 6.84. The summed E-state index contributed by atoms with van der Waals surface area (Å²) in [7, 11) is -3.31. The van der Waals surface area contributed by atoms with Crippen molar-refractivity contribution in [3.05, 3.63) is 0 Å². The minimum Gasteiger partial charge on any atom is -0.379 e. The fourth-order valence-electron chi connectivity index (χ4n) is 1.10. The highest BCUT2D eigenvalue weighted by Gasteiger charge is 2.23. The van der Waals surface area contributed by atoms with Gasteiger partial charge in [0.1, 0.15) is 0 Å².